The number of aromatic carboxylic acids is 1. The predicted molar refractivity (Wildman–Crippen MR) is 83.6 cm³/mol. The second kappa shape index (κ2) is 5.93. The molecule has 0 radical (unpaired) electrons. The summed E-state index contributed by atoms with van der Waals surface area (Å²) < 4.78 is 10.7. The summed E-state index contributed by atoms with van der Waals surface area (Å²) in [6, 6.07) is 13.5. The van der Waals surface area contributed by atoms with E-state index < -0.39 is 5.97 Å². The minimum absolute atomic E-state index is 0.219. The molecule has 0 aliphatic rings. The van der Waals surface area contributed by atoms with Gasteiger partial charge in [-0.15, -0.1) is 0 Å². The van der Waals surface area contributed by atoms with Crippen LogP contribution in [0.15, 0.2) is 53.1 Å². The Morgan fingerprint density at radius 2 is 1.95 bits per heavy atom. The number of aryl methyl sites for hydroxylation is 2. The van der Waals surface area contributed by atoms with Crippen LogP contribution in [0.3, 0.4) is 0 Å². The van der Waals surface area contributed by atoms with Gasteiger partial charge in [-0.2, -0.15) is 0 Å². The van der Waals surface area contributed by atoms with Crippen molar-refractivity contribution >= 4 is 16.9 Å². The average Bonchev–Trinajstić information content (AvgIpc) is 3.01. The van der Waals surface area contributed by atoms with Crippen LogP contribution >= 0.6 is 0 Å². The first-order valence-corrected chi connectivity index (χ1v) is 7.05. The lowest BCUT2D eigenvalue weighted by molar-refractivity contribution is 0.0696. The molecule has 0 aliphatic carbocycles. The number of furan rings is 1. The largest absolute Gasteiger partial charge is 0.496 e. The number of hydrogen-bond donors (Lipinski definition) is 1. The normalized spacial score (nSPS) is 10.8. The standard InChI is InChI=1S/C18H16O4/c1-21-15-11-13(8-7-12-5-3-2-4-6-12)16(18(19)20)17-14(15)9-10-22-17/h2-6,9-11H,7-8H2,1H3,(H,19,20). The van der Waals surface area contributed by atoms with E-state index in [0.717, 1.165) is 17.5 Å². The van der Waals surface area contributed by atoms with Gasteiger partial charge >= 0.3 is 5.97 Å². The lowest BCUT2D eigenvalue weighted by Gasteiger charge is -2.10. The van der Waals surface area contributed by atoms with E-state index in [9.17, 15) is 9.90 Å². The Morgan fingerprint density at radius 1 is 1.18 bits per heavy atom. The van der Waals surface area contributed by atoms with Crippen molar-refractivity contribution < 1.29 is 19.1 Å². The lowest BCUT2D eigenvalue weighted by Crippen LogP contribution is -2.05. The molecule has 0 bridgehead atoms. The molecule has 0 unspecified atom stereocenters. The van der Waals surface area contributed by atoms with E-state index in [0.29, 0.717) is 23.1 Å². The van der Waals surface area contributed by atoms with E-state index >= 15 is 0 Å². The summed E-state index contributed by atoms with van der Waals surface area (Å²) in [6.45, 7) is 0. The van der Waals surface area contributed by atoms with Crippen LogP contribution < -0.4 is 4.74 Å². The summed E-state index contributed by atoms with van der Waals surface area (Å²) in [5.74, 6) is -0.345. The highest BCUT2D eigenvalue weighted by molar-refractivity contribution is 6.04. The first-order valence-electron chi connectivity index (χ1n) is 7.05. The zero-order valence-electron chi connectivity index (χ0n) is 12.2. The first-order chi connectivity index (χ1) is 10.7. The number of carboxylic acid groups (broad SMARTS) is 1. The van der Waals surface area contributed by atoms with Crippen molar-refractivity contribution in [2.45, 2.75) is 12.8 Å². The lowest BCUT2D eigenvalue weighted by atomic mass is 9.97. The highest BCUT2D eigenvalue weighted by Crippen LogP contribution is 2.33. The van der Waals surface area contributed by atoms with Gasteiger partial charge < -0.3 is 14.3 Å². The number of methoxy groups -OCH3 is 1. The second-order valence-electron chi connectivity index (χ2n) is 5.07. The van der Waals surface area contributed by atoms with Crippen LogP contribution in [0.2, 0.25) is 0 Å². The molecule has 0 fully saturated rings. The van der Waals surface area contributed by atoms with Gasteiger partial charge in [0, 0.05) is 0 Å². The molecule has 22 heavy (non-hydrogen) atoms. The number of carbonyl (C=O) groups is 1. The monoisotopic (exact) mass is 296 g/mol. The second-order valence-corrected chi connectivity index (χ2v) is 5.07. The molecule has 1 heterocycles. The number of benzene rings is 2. The molecule has 1 N–H and O–H groups in total. The Morgan fingerprint density at radius 3 is 2.64 bits per heavy atom. The number of fused-ring (bicyclic) bond motifs is 1. The minimum Gasteiger partial charge on any atom is -0.496 e. The fourth-order valence-electron chi connectivity index (χ4n) is 2.68. The van der Waals surface area contributed by atoms with Crippen molar-refractivity contribution in [3.8, 4) is 5.75 Å². The van der Waals surface area contributed by atoms with Crippen molar-refractivity contribution in [3.63, 3.8) is 0 Å². The Labute approximate surface area is 127 Å². The third-order valence-corrected chi connectivity index (χ3v) is 3.74. The summed E-state index contributed by atoms with van der Waals surface area (Å²) in [7, 11) is 1.57. The van der Waals surface area contributed by atoms with Gasteiger partial charge in [-0.3, -0.25) is 0 Å². The Bertz CT molecular complexity index is 803. The molecule has 112 valence electrons. The molecular formula is C18H16O4. The smallest absolute Gasteiger partial charge is 0.339 e. The van der Waals surface area contributed by atoms with Gasteiger partial charge in [0.1, 0.15) is 11.3 Å². The van der Waals surface area contributed by atoms with Crippen molar-refractivity contribution in [2.75, 3.05) is 7.11 Å². The average molecular weight is 296 g/mol. The summed E-state index contributed by atoms with van der Waals surface area (Å²) in [6.07, 6.45) is 2.86. The quantitative estimate of drug-likeness (QED) is 0.775. The zero-order valence-corrected chi connectivity index (χ0v) is 12.2. The van der Waals surface area contributed by atoms with Crippen molar-refractivity contribution in [1.29, 1.82) is 0 Å². The van der Waals surface area contributed by atoms with E-state index in [-0.39, 0.29) is 5.56 Å². The van der Waals surface area contributed by atoms with Gasteiger partial charge in [-0.1, -0.05) is 30.3 Å². The summed E-state index contributed by atoms with van der Waals surface area (Å²) in [5, 5.41) is 10.2. The number of hydrogen-bond acceptors (Lipinski definition) is 3. The third-order valence-electron chi connectivity index (χ3n) is 3.74. The van der Waals surface area contributed by atoms with Gasteiger partial charge in [0.2, 0.25) is 0 Å². The van der Waals surface area contributed by atoms with Crippen molar-refractivity contribution in [3.05, 3.63) is 65.4 Å². The molecule has 1 aromatic heterocycles. The SMILES string of the molecule is COc1cc(CCc2ccccc2)c(C(=O)O)c2occc12. The van der Waals surface area contributed by atoms with Gasteiger partial charge in [0.25, 0.3) is 0 Å². The molecule has 0 saturated carbocycles. The highest BCUT2D eigenvalue weighted by atomic mass is 16.5. The van der Waals surface area contributed by atoms with Crippen LogP contribution in [-0.4, -0.2) is 18.2 Å². The number of rotatable bonds is 5. The first kappa shape index (κ1) is 14.2. The molecule has 3 aromatic rings. The molecule has 3 rings (SSSR count). The maximum absolute atomic E-state index is 11.6. The topological polar surface area (TPSA) is 59.7 Å². The van der Waals surface area contributed by atoms with Gasteiger partial charge in [0.05, 0.1) is 18.8 Å². The number of ether oxygens (including phenoxy) is 1. The van der Waals surface area contributed by atoms with E-state index in [1.807, 2.05) is 30.3 Å². The Balaban J connectivity index is 2.03. The van der Waals surface area contributed by atoms with Crippen molar-refractivity contribution in [1.82, 2.24) is 0 Å². The predicted octanol–water partition coefficient (Wildman–Crippen LogP) is 3.92. The van der Waals surface area contributed by atoms with Crippen LogP contribution in [0.25, 0.3) is 11.0 Å². The highest BCUT2D eigenvalue weighted by Gasteiger charge is 2.20. The molecule has 0 amide bonds. The van der Waals surface area contributed by atoms with Gasteiger partial charge in [-0.05, 0) is 36.1 Å². The fourth-order valence-corrected chi connectivity index (χ4v) is 2.68. The van der Waals surface area contributed by atoms with Crippen LogP contribution in [0.1, 0.15) is 21.5 Å². The van der Waals surface area contributed by atoms with Crippen LogP contribution in [0.4, 0.5) is 0 Å². The minimum atomic E-state index is -0.981. The van der Waals surface area contributed by atoms with Crippen LogP contribution in [0, 0.1) is 0 Å². The zero-order chi connectivity index (χ0) is 15.5. The molecule has 0 spiro atoms. The van der Waals surface area contributed by atoms with Crippen molar-refractivity contribution in [2.24, 2.45) is 0 Å². The van der Waals surface area contributed by atoms with Crippen LogP contribution in [0.5, 0.6) is 5.75 Å². The third kappa shape index (κ3) is 2.55. The molecule has 4 heteroatoms. The molecule has 0 aliphatic heterocycles. The summed E-state index contributed by atoms with van der Waals surface area (Å²) >= 11 is 0. The molecule has 0 saturated heterocycles. The van der Waals surface area contributed by atoms with Gasteiger partial charge in [0.15, 0.2) is 5.58 Å². The van der Waals surface area contributed by atoms with E-state index in [4.69, 9.17) is 9.15 Å². The van der Waals surface area contributed by atoms with E-state index in [1.54, 1.807) is 19.2 Å². The molecule has 2 aromatic carbocycles. The molecular weight excluding hydrogens is 280 g/mol. The van der Waals surface area contributed by atoms with E-state index in [1.165, 1.54) is 6.26 Å². The maximum Gasteiger partial charge on any atom is 0.339 e. The fraction of sp³-hybridized carbons (Fsp3) is 0.167. The van der Waals surface area contributed by atoms with E-state index in [2.05, 4.69) is 0 Å². The Kier molecular flexibility index (Phi) is 3.83. The van der Waals surface area contributed by atoms with Crippen LogP contribution in [-0.2, 0) is 12.8 Å². The molecule has 0 atom stereocenters. The summed E-state index contributed by atoms with van der Waals surface area (Å²) in [5.41, 5.74) is 2.47. The maximum atomic E-state index is 11.6. The van der Waals surface area contributed by atoms with Gasteiger partial charge in [-0.25, -0.2) is 4.79 Å². The summed E-state index contributed by atoms with van der Waals surface area (Å²) in [4.78, 5) is 11.6. The number of carboxylic acids is 1. The Hall–Kier alpha value is -2.75. The molecule has 4 nitrogen and oxygen atoms in total.